The van der Waals surface area contributed by atoms with Gasteiger partial charge in [-0.2, -0.15) is 5.10 Å². The van der Waals surface area contributed by atoms with Gasteiger partial charge in [-0.05, 0) is 44.4 Å². The van der Waals surface area contributed by atoms with Crippen molar-refractivity contribution in [3.8, 4) is 0 Å². The first kappa shape index (κ1) is 14.7. The van der Waals surface area contributed by atoms with E-state index in [2.05, 4.69) is 10.2 Å². The third-order valence-corrected chi connectivity index (χ3v) is 3.98. The zero-order valence-corrected chi connectivity index (χ0v) is 13.1. The van der Waals surface area contributed by atoms with Gasteiger partial charge in [-0.1, -0.05) is 30.3 Å². The molecule has 114 valence electrons. The predicted molar refractivity (Wildman–Crippen MR) is 85.5 cm³/mol. The van der Waals surface area contributed by atoms with Crippen molar-refractivity contribution in [1.82, 2.24) is 15.1 Å². The van der Waals surface area contributed by atoms with Crippen LogP contribution in [0.2, 0.25) is 0 Å². The van der Waals surface area contributed by atoms with E-state index in [1.54, 1.807) is 0 Å². The number of carbonyl (C=O) groups is 1. The van der Waals surface area contributed by atoms with Crippen molar-refractivity contribution in [3.63, 3.8) is 0 Å². The largest absolute Gasteiger partial charge is 0.331 e. The average molecular weight is 295 g/mol. The summed E-state index contributed by atoms with van der Waals surface area (Å²) >= 11 is 0. The number of hydrogen-bond acceptors (Lipinski definition) is 3. The van der Waals surface area contributed by atoms with E-state index in [1.165, 1.54) is 12.8 Å². The van der Waals surface area contributed by atoms with Gasteiger partial charge in [0.2, 0.25) is 0 Å². The van der Waals surface area contributed by atoms with E-state index >= 15 is 0 Å². The molecule has 2 aromatic rings. The van der Waals surface area contributed by atoms with Gasteiger partial charge >= 0.3 is 0 Å². The van der Waals surface area contributed by atoms with Gasteiger partial charge in [0.05, 0.1) is 5.69 Å². The molecule has 1 aromatic heterocycles. The minimum absolute atomic E-state index is 0.0614. The SMILES string of the molecule is CC(C)N(Cc1ccccc1)C(=O)c1ccc(C2CC2)nn1. The fourth-order valence-electron chi connectivity index (χ4n) is 2.47. The highest BCUT2D eigenvalue weighted by molar-refractivity contribution is 5.92. The molecule has 1 aliphatic rings. The van der Waals surface area contributed by atoms with Crippen LogP contribution in [0.15, 0.2) is 42.5 Å². The highest BCUT2D eigenvalue weighted by atomic mass is 16.2. The Bertz CT molecular complexity index is 633. The second-order valence-electron chi connectivity index (χ2n) is 6.13. The lowest BCUT2D eigenvalue weighted by atomic mass is 10.1. The summed E-state index contributed by atoms with van der Waals surface area (Å²) < 4.78 is 0. The van der Waals surface area contributed by atoms with Crippen LogP contribution in [-0.2, 0) is 6.54 Å². The van der Waals surface area contributed by atoms with Crippen LogP contribution in [0.3, 0.4) is 0 Å². The van der Waals surface area contributed by atoms with E-state index in [0.29, 0.717) is 18.2 Å². The lowest BCUT2D eigenvalue weighted by molar-refractivity contribution is 0.0683. The maximum Gasteiger partial charge on any atom is 0.274 e. The number of benzene rings is 1. The first-order valence-corrected chi connectivity index (χ1v) is 7.83. The first-order valence-electron chi connectivity index (χ1n) is 7.83. The summed E-state index contributed by atoms with van der Waals surface area (Å²) in [7, 11) is 0. The fraction of sp³-hybridized carbons (Fsp3) is 0.389. The maximum absolute atomic E-state index is 12.7. The van der Waals surface area contributed by atoms with Gasteiger partial charge in [0, 0.05) is 18.5 Å². The Morgan fingerprint density at radius 3 is 2.41 bits per heavy atom. The van der Waals surface area contributed by atoms with Gasteiger partial charge in [0.25, 0.3) is 5.91 Å². The molecule has 1 heterocycles. The van der Waals surface area contributed by atoms with Crippen molar-refractivity contribution in [2.45, 2.75) is 45.2 Å². The molecule has 0 spiro atoms. The third-order valence-electron chi connectivity index (χ3n) is 3.98. The number of rotatable bonds is 5. The number of aromatic nitrogens is 2. The monoisotopic (exact) mass is 295 g/mol. The number of carbonyl (C=O) groups excluding carboxylic acids is 1. The van der Waals surface area contributed by atoms with E-state index in [1.807, 2.05) is 61.2 Å². The summed E-state index contributed by atoms with van der Waals surface area (Å²) in [4.78, 5) is 14.5. The number of nitrogens with zero attached hydrogens (tertiary/aromatic N) is 3. The van der Waals surface area contributed by atoms with E-state index in [4.69, 9.17) is 0 Å². The molecule has 3 rings (SSSR count). The van der Waals surface area contributed by atoms with Gasteiger partial charge in [-0.3, -0.25) is 4.79 Å². The second-order valence-corrected chi connectivity index (χ2v) is 6.13. The lowest BCUT2D eigenvalue weighted by Crippen LogP contribution is -2.37. The van der Waals surface area contributed by atoms with E-state index in [9.17, 15) is 4.79 Å². The molecule has 4 nitrogen and oxygen atoms in total. The van der Waals surface area contributed by atoms with Crippen molar-refractivity contribution in [1.29, 1.82) is 0 Å². The van der Waals surface area contributed by atoms with Crippen LogP contribution < -0.4 is 0 Å². The van der Waals surface area contributed by atoms with E-state index in [-0.39, 0.29) is 11.9 Å². The van der Waals surface area contributed by atoms with Gasteiger partial charge < -0.3 is 4.90 Å². The van der Waals surface area contributed by atoms with Gasteiger partial charge in [0.15, 0.2) is 5.69 Å². The normalized spacial score (nSPS) is 14.1. The molecule has 1 aromatic carbocycles. The summed E-state index contributed by atoms with van der Waals surface area (Å²) in [5, 5.41) is 8.36. The summed E-state index contributed by atoms with van der Waals surface area (Å²) in [6, 6.07) is 13.9. The van der Waals surface area contributed by atoms with Gasteiger partial charge in [-0.25, -0.2) is 0 Å². The average Bonchev–Trinajstić information content (AvgIpc) is 3.38. The van der Waals surface area contributed by atoms with Crippen molar-refractivity contribution in [2.75, 3.05) is 0 Å². The predicted octanol–water partition coefficient (Wildman–Crippen LogP) is 3.40. The molecule has 0 atom stereocenters. The van der Waals surface area contributed by atoms with Crippen LogP contribution in [0.25, 0.3) is 0 Å². The van der Waals surface area contributed by atoms with Gasteiger partial charge in [0.1, 0.15) is 0 Å². The quantitative estimate of drug-likeness (QED) is 0.849. The Labute approximate surface area is 131 Å². The minimum atomic E-state index is -0.0614. The Morgan fingerprint density at radius 1 is 1.14 bits per heavy atom. The van der Waals surface area contributed by atoms with Crippen LogP contribution in [0.4, 0.5) is 0 Å². The zero-order valence-electron chi connectivity index (χ0n) is 13.1. The summed E-state index contributed by atoms with van der Waals surface area (Å²) in [5.41, 5.74) is 2.55. The van der Waals surface area contributed by atoms with Crippen molar-refractivity contribution < 1.29 is 4.79 Å². The molecule has 1 aliphatic carbocycles. The Balaban J connectivity index is 1.76. The van der Waals surface area contributed by atoms with Crippen LogP contribution in [0.1, 0.15) is 54.4 Å². The summed E-state index contributed by atoms with van der Waals surface area (Å²) in [5.74, 6) is 0.496. The standard InChI is InChI=1S/C18H21N3O/c1-13(2)21(12-14-6-4-3-5-7-14)18(22)17-11-10-16(19-20-17)15-8-9-15/h3-7,10-11,13,15H,8-9,12H2,1-2H3. The van der Waals surface area contributed by atoms with Crippen molar-refractivity contribution >= 4 is 5.91 Å². The lowest BCUT2D eigenvalue weighted by Gasteiger charge is -2.26. The molecule has 1 amide bonds. The topological polar surface area (TPSA) is 46.1 Å². The maximum atomic E-state index is 12.7. The minimum Gasteiger partial charge on any atom is -0.331 e. The van der Waals surface area contributed by atoms with E-state index < -0.39 is 0 Å². The fourth-order valence-corrected chi connectivity index (χ4v) is 2.47. The molecule has 1 fully saturated rings. The smallest absolute Gasteiger partial charge is 0.274 e. The zero-order chi connectivity index (χ0) is 15.5. The molecule has 0 unspecified atom stereocenters. The first-order chi connectivity index (χ1) is 10.6. The van der Waals surface area contributed by atoms with Gasteiger partial charge in [-0.15, -0.1) is 5.10 Å². The Morgan fingerprint density at radius 2 is 1.86 bits per heavy atom. The third kappa shape index (κ3) is 3.32. The van der Waals surface area contributed by atoms with Crippen LogP contribution in [0, 0.1) is 0 Å². The summed E-state index contributed by atoms with van der Waals surface area (Å²) in [6.07, 6.45) is 2.38. The molecule has 0 N–H and O–H groups in total. The molecule has 0 aliphatic heterocycles. The molecule has 4 heteroatoms. The molecule has 1 saturated carbocycles. The number of amides is 1. The molecule has 22 heavy (non-hydrogen) atoms. The molecule has 0 bridgehead atoms. The highest BCUT2D eigenvalue weighted by Gasteiger charge is 2.26. The Hall–Kier alpha value is -2.23. The van der Waals surface area contributed by atoms with E-state index in [0.717, 1.165) is 11.3 Å². The van der Waals surface area contributed by atoms with Crippen LogP contribution >= 0.6 is 0 Å². The van der Waals surface area contributed by atoms with Crippen molar-refractivity contribution in [3.05, 3.63) is 59.4 Å². The van der Waals surface area contributed by atoms with Crippen LogP contribution in [-0.4, -0.2) is 27.0 Å². The second kappa shape index (κ2) is 6.26. The molecule has 0 saturated heterocycles. The van der Waals surface area contributed by atoms with Crippen molar-refractivity contribution in [2.24, 2.45) is 0 Å². The molecular weight excluding hydrogens is 274 g/mol. The number of hydrogen-bond donors (Lipinski definition) is 0. The Kier molecular flexibility index (Phi) is 4.18. The molecule has 0 radical (unpaired) electrons. The molecular formula is C18H21N3O. The highest BCUT2D eigenvalue weighted by Crippen LogP contribution is 2.38. The summed E-state index contributed by atoms with van der Waals surface area (Å²) in [6.45, 7) is 4.63. The van der Waals surface area contributed by atoms with Crippen LogP contribution in [0.5, 0.6) is 0 Å².